The molecule has 0 fully saturated rings. The number of benzene rings is 2. The van der Waals surface area contributed by atoms with E-state index in [-0.39, 0.29) is 0 Å². The summed E-state index contributed by atoms with van der Waals surface area (Å²) < 4.78 is 13.8. The van der Waals surface area contributed by atoms with Crippen LogP contribution < -0.4 is 16.2 Å². The maximum Gasteiger partial charge on any atom is 0.152 e. The lowest BCUT2D eigenvalue weighted by Gasteiger charge is -2.11. The van der Waals surface area contributed by atoms with Gasteiger partial charge in [0.05, 0.1) is 11.0 Å². The van der Waals surface area contributed by atoms with Gasteiger partial charge >= 0.3 is 0 Å². The second-order valence-corrected chi connectivity index (χ2v) is 7.22. The number of nitrogens with two attached hydrogens (primary N) is 2. The van der Waals surface area contributed by atoms with Crippen molar-refractivity contribution in [1.29, 1.82) is 0 Å². The number of fused-ring (bicyclic) bond motifs is 3. The molecule has 0 aliphatic rings. The molecule has 2 heterocycles. The molecule has 7 nitrogen and oxygen atoms in total. The molecule has 2 aromatic carbocycles. The SMILES string of the molecule is CCCn1c(COCC)nc2c(N)nc3cc(OCc4cccc(N)c4)ccc3c21. The number of aromatic nitrogens is 3. The van der Waals surface area contributed by atoms with Crippen LogP contribution in [0.1, 0.15) is 31.7 Å². The highest BCUT2D eigenvalue weighted by atomic mass is 16.5. The van der Waals surface area contributed by atoms with Gasteiger partial charge < -0.3 is 25.5 Å². The van der Waals surface area contributed by atoms with Crippen LogP contribution in [0.5, 0.6) is 5.75 Å². The maximum atomic E-state index is 6.28. The summed E-state index contributed by atoms with van der Waals surface area (Å²) in [7, 11) is 0. The van der Waals surface area contributed by atoms with Crippen molar-refractivity contribution in [1.82, 2.24) is 14.5 Å². The Hall–Kier alpha value is -3.32. The van der Waals surface area contributed by atoms with Gasteiger partial charge in [0.25, 0.3) is 0 Å². The molecule has 0 aliphatic carbocycles. The molecule has 0 amide bonds. The van der Waals surface area contributed by atoms with Crippen molar-refractivity contribution in [3.8, 4) is 5.75 Å². The number of hydrogen-bond donors (Lipinski definition) is 2. The van der Waals surface area contributed by atoms with E-state index in [9.17, 15) is 0 Å². The quantitative estimate of drug-likeness (QED) is 0.425. The van der Waals surface area contributed by atoms with E-state index in [1.807, 2.05) is 49.4 Å². The van der Waals surface area contributed by atoms with Gasteiger partial charge in [0, 0.05) is 30.3 Å². The number of imidazole rings is 1. The molecule has 2 aromatic heterocycles. The number of nitrogens with zero attached hydrogens (tertiary/aromatic N) is 3. The third-order valence-corrected chi connectivity index (χ3v) is 4.99. The third kappa shape index (κ3) is 3.89. The topological polar surface area (TPSA) is 101 Å². The van der Waals surface area contributed by atoms with Crippen LogP contribution in [0.2, 0.25) is 0 Å². The number of rotatable bonds is 8. The smallest absolute Gasteiger partial charge is 0.152 e. The molecule has 0 saturated carbocycles. The predicted molar refractivity (Wildman–Crippen MR) is 120 cm³/mol. The molecule has 0 atom stereocenters. The minimum Gasteiger partial charge on any atom is -0.489 e. The monoisotopic (exact) mass is 405 g/mol. The molecule has 0 aliphatic heterocycles. The Morgan fingerprint density at radius 3 is 2.63 bits per heavy atom. The molecule has 4 rings (SSSR count). The van der Waals surface area contributed by atoms with Crippen molar-refractivity contribution < 1.29 is 9.47 Å². The standard InChI is InChI=1S/C23H27N5O2/c1-3-10-28-20(14-29-4-2)27-21-22(28)18-9-8-17(12-19(18)26-23(21)25)30-13-15-6-5-7-16(24)11-15/h5-9,11-12H,3-4,10,13-14,24H2,1-2H3,(H2,25,26). The van der Waals surface area contributed by atoms with Crippen molar-refractivity contribution in [2.75, 3.05) is 18.1 Å². The molecular weight excluding hydrogens is 378 g/mol. The molecule has 0 unspecified atom stereocenters. The first-order valence-corrected chi connectivity index (χ1v) is 10.2. The zero-order valence-corrected chi connectivity index (χ0v) is 17.4. The zero-order valence-electron chi connectivity index (χ0n) is 17.4. The Balaban J connectivity index is 1.73. The van der Waals surface area contributed by atoms with Gasteiger partial charge in [0.15, 0.2) is 5.82 Å². The molecule has 4 N–H and O–H groups in total. The van der Waals surface area contributed by atoms with Gasteiger partial charge in [-0.1, -0.05) is 19.1 Å². The Bertz CT molecular complexity index is 1190. The van der Waals surface area contributed by atoms with E-state index in [4.69, 9.17) is 25.9 Å². The summed E-state index contributed by atoms with van der Waals surface area (Å²) in [5.74, 6) is 2.02. The number of pyridine rings is 1. The lowest BCUT2D eigenvalue weighted by molar-refractivity contribution is 0.126. The fourth-order valence-electron chi connectivity index (χ4n) is 3.65. The molecule has 4 aromatic rings. The summed E-state index contributed by atoms with van der Waals surface area (Å²) in [6, 6.07) is 13.6. The molecular formula is C23H27N5O2. The van der Waals surface area contributed by atoms with Crippen LogP contribution in [-0.2, 0) is 24.5 Å². The summed E-state index contributed by atoms with van der Waals surface area (Å²) in [6.45, 7) is 6.48. The minimum atomic E-state index is 0.415. The number of hydrogen-bond acceptors (Lipinski definition) is 6. The van der Waals surface area contributed by atoms with Gasteiger partial charge in [-0.2, -0.15) is 0 Å². The van der Waals surface area contributed by atoms with Crippen LogP contribution in [0.15, 0.2) is 42.5 Å². The largest absolute Gasteiger partial charge is 0.489 e. The van der Waals surface area contributed by atoms with Gasteiger partial charge in [0.1, 0.15) is 30.3 Å². The molecule has 7 heteroatoms. The summed E-state index contributed by atoms with van der Waals surface area (Å²) >= 11 is 0. The van der Waals surface area contributed by atoms with Gasteiger partial charge in [-0.25, -0.2) is 9.97 Å². The highest BCUT2D eigenvalue weighted by molar-refractivity contribution is 6.06. The van der Waals surface area contributed by atoms with E-state index in [0.717, 1.165) is 57.7 Å². The van der Waals surface area contributed by atoms with Crippen LogP contribution in [0.3, 0.4) is 0 Å². The molecule has 30 heavy (non-hydrogen) atoms. The Labute approximate surface area is 175 Å². The first kappa shape index (κ1) is 20.0. The Kier molecular flexibility index (Phi) is 5.72. The summed E-state index contributed by atoms with van der Waals surface area (Å²) in [4.78, 5) is 9.32. The summed E-state index contributed by atoms with van der Waals surface area (Å²) in [6.07, 6.45) is 0.982. The third-order valence-electron chi connectivity index (χ3n) is 4.99. The van der Waals surface area contributed by atoms with Crippen LogP contribution in [-0.4, -0.2) is 21.1 Å². The van der Waals surface area contributed by atoms with Gasteiger partial charge in [-0.3, -0.25) is 0 Å². The normalized spacial score (nSPS) is 11.4. The second-order valence-electron chi connectivity index (χ2n) is 7.22. The van der Waals surface area contributed by atoms with Crippen LogP contribution in [0.4, 0.5) is 11.5 Å². The Morgan fingerprint density at radius 1 is 1.00 bits per heavy atom. The van der Waals surface area contributed by atoms with Crippen LogP contribution in [0, 0.1) is 0 Å². The number of aryl methyl sites for hydroxylation is 1. The lowest BCUT2D eigenvalue weighted by atomic mass is 10.1. The van der Waals surface area contributed by atoms with Crippen molar-refractivity contribution in [3.05, 3.63) is 53.9 Å². The van der Waals surface area contributed by atoms with Crippen molar-refractivity contribution in [2.45, 2.75) is 40.0 Å². The van der Waals surface area contributed by atoms with E-state index in [1.54, 1.807) is 0 Å². The predicted octanol–water partition coefficient (Wildman–Crippen LogP) is 4.27. The van der Waals surface area contributed by atoms with Crippen LogP contribution >= 0.6 is 0 Å². The minimum absolute atomic E-state index is 0.415. The van der Waals surface area contributed by atoms with Gasteiger partial charge in [-0.05, 0) is 43.2 Å². The fraction of sp³-hybridized carbons (Fsp3) is 0.304. The molecule has 0 bridgehead atoms. The van der Waals surface area contributed by atoms with Crippen molar-refractivity contribution in [3.63, 3.8) is 0 Å². The van der Waals surface area contributed by atoms with E-state index < -0.39 is 0 Å². The average molecular weight is 406 g/mol. The molecule has 0 radical (unpaired) electrons. The summed E-state index contributed by atoms with van der Waals surface area (Å²) in [5.41, 5.74) is 16.4. The number of anilines is 2. The average Bonchev–Trinajstić information content (AvgIpc) is 3.10. The van der Waals surface area contributed by atoms with Gasteiger partial charge in [-0.15, -0.1) is 0 Å². The lowest BCUT2D eigenvalue weighted by Crippen LogP contribution is -2.06. The fourth-order valence-corrected chi connectivity index (χ4v) is 3.65. The van der Waals surface area contributed by atoms with Gasteiger partial charge in [0.2, 0.25) is 0 Å². The van der Waals surface area contributed by atoms with Crippen molar-refractivity contribution in [2.24, 2.45) is 0 Å². The maximum absolute atomic E-state index is 6.28. The number of nitrogen functional groups attached to an aromatic ring is 2. The van der Waals surface area contributed by atoms with Crippen molar-refractivity contribution >= 4 is 33.4 Å². The van der Waals surface area contributed by atoms with E-state index >= 15 is 0 Å². The first-order valence-electron chi connectivity index (χ1n) is 10.2. The van der Waals surface area contributed by atoms with Crippen LogP contribution in [0.25, 0.3) is 21.9 Å². The molecule has 0 saturated heterocycles. The highest BCUT2D eigenvalue weighted by Crippen LogP contribution is 2.31. The summed E-state index contributed by atoms with van der Waals surface area (Å²) in [5, 5.41) is 0.999. The first-order chi connectivity index (χ1) is 14.6. The Morgan fingerprint density at radius 2 is 1.87 bits per heavy atom. The zero-order chi connectivity index (χ0) is 21.1. The molecule has 0 spiro atoms. The van der Waals surface area contributed by atoms with E-state index in [2.05, 4.69) is 16.5 Å². The number of ether oxygens (including phenoxy) is 2. The molecule has 156 valence electrons. The van der Waals surface area contributed by atoms with E-state index in [1.165, 1.54) is 0 Å². The highest BCUT2D eigenvalue weighted by Gasteiger charge is 2.17. The second kappa shape index (κ2) is 8.59. The van der Waals surface area contributed by atoms with E-state index in [0.29, 0.717) is 25.6 Å².